The van der Waals surface area contributed by atoms with Crippen molar-refractivity contribution in [3.05, 3.63) is 81.5 Å². The van der Waals surface area contributed by atoms with Gasteiger partial charge in [-0.25, -0.2) is 8.42 Å². The second-order valence-electron chi connectivity index (χ2n) is 6.33. The Labute approximate surface area is 179 Å². The van der Waals surface area contributed by atoms with Crippen LogP contribution in [-0.2, 0) is 21.1 Å². The van der Waals surface area contributed by atoms with Gasteiger partial charge < -0.3 is 10.1 Å². The molecule has 0 aliphatic rings. The maximum atomic E-state index is 13.2. The highest BCUT2D eigenvalue weighted by molar-refractivity contribution is 7.91. The van der Waals surface area contributed by atoms with Gasteiger partial charge in [0.05, 0.1) is 18.4 Å². The minimum absolute atomic E-state index is 0.0126. The van der Waals surface area contributed by atoms with Gasteiger partial charge >= 0.3 is 0 Å². The maximum absolute atomic E-state index is 13.2. The lowest BCUT2D eigenvalue weighted by atomic mass is 10.1. The van der Waals surface area contributed by atoms with Crippen molar-refractivity contribution >= 4 is 38.7 Å². The molecule has 1 atom stereocenters. The third-order valence-electron chi connectivity index (χ3n) is 4.39. The molecule has 3 aromatic rings. The Morgan fingerprint density at radius 2 is 1.79 bits per heavy atom. The van der Waals surface area contributed by atoms with Gasteiger partial charge in [-0.3, -0.25) is 4.79 Å². The molecule has 0 spiro atoms. The number of carbonyl (C=O) groups excluding carboxylic acids is 1. The summed E-state index contributed by atoms with van der Waals surface area (Å²) >= 11 is 7.21. The quantitative estimate of drug-likeness (QED) is 0.557. The Morgan fingerprint density at radius 3 is 2.38 bits per heavy atom. The van der Waals surface area contributed by atoms with Gasteiger partial charge in [0, 0.05) is 16.4 Å². The van der Waals surface area contributed by atoms with Crippen LogP contribution < -0.4 is 10.1 Å². The molecule has 0 saturated carbocycles. The number of rotatable bonds is 8. The van der Waals surface area contributed by atoms with Gasteiger partial charge in [-0.2, -0.15) is 0 Å². The number of halogens is 1. The van der Waals surface area contributed by atoms with Crippen molar-refractivity contribution < 1.29 is 17.9 Å². The smallest absolute Gasteiger partial charge is 0.224 e. The molecule has 8 heteroatoms. The predicted molar refractivity (Wildman–Crippen MR) is 115 cm³/mol. The zero-order chi connectivity index (χ0) is 20.9. The molecule has 29 heavy (non-hydrogen) atoms. The molecule has 152 valence electrons. The summed E-state index contributed by atoms with van der Waals surface area (Å²) < 4.78 is 31.6. The Bertz CT molecular complexity index is 1050. The van der Waals surface area contributed by atoms with E-state index in [0.717, 1.165) is 5.56 Å². The molecule has 0 fully saturated rings. The third-order valence-corrected chi connectivity index (χ3v) is 7.87. The molecular weight excluding hydrogens is 430 g/mol. The van der Waals surface area contributed by atoms with E-state index in [1.54, 1.807) is 48.5 Å². The lowest BCUT2D eigenvalue weighted by Gasteiger charge is -2.18. The monoisotopic (exact) mass is 449 g/mol. The number of hydrogen-bond acceptors (Lipinski definition) is 5. The molecule has 1 N–H and O–H groups in total. The van der Waals surface area contributed by atoms with Crippen LogP contribution in [-0.4, -0.2) is 28.0 Å². The first kappa shape index (κ1) is 21.4. The zero-order valence-corrected chi connectivity index (χ0v) is 18.1. The lowest BCUT2D eigenvalue weighted by Crippen LogP contribution is -2.32. The van der Waals surface area contributed by atoms with Crippen molar-refractivity contribution in [2.45, 2.75) is 16.6 Å². The normalized spacial score (nSPS) is 12.3. The van der Waals surface area contributed by atoms with Gasteiger partial charge in [0.25, 0.3) is 0 Å². The van der Waals surface area contributed by atoms with Crippen LogP contribution >= 0.6 is 22.9 Å². The number of nitrogens with one attached hydrogen (secondary N) is 1. The summed E-state index contributed by atoms with van der Waals surface area (Å²) in [6.07, 6.45) is 0.150. The largest absolute Gasteiger partial charge is 0.497 e. The Kier molecular flexibility index (Phi) is 6.95. The molecule has 1 amide bonds. The van der Waals surface area contributed by atoms with E-state index in [1.807, 2.05) is 5.38 Å². The first-order chi connectivity index (χ1) is 13.9. The lowest BCUT2D eigenvalue weighted by molar-refractivity contribution is -0.120. The fourth-order valence-electron chi connectivity index (χ4n) is 2.82. The number of carbonyl (C=O) groups is 1. The minimum Gasteiger partial charge on any atom is -0.497 e. The van der Waals surface area contributed by atoms with Crippen LogP contribution in [0.2, 0.25) is 5.02 Å². The number of methoxy groups -OCH3 is 1. The van der Waals surface area contributed by atoms with E-state index < -0.39 is 15.1 Å². The molecule has 0 unspecified atom stereocenters. The van der Waals surface area contributed by atoms with Gasteiger partial charge in [0.15, 0.2) is 9.84 Å². The van der Waals surface area contributed by atoms with E-state index in [2.05, 4.69) is 5.32 Å². The van der Waals surface area contributed by atoms with Crippen molar-refractivity contribution in [2.75, 3.05) is 13.7 Å². The summed E-state index contributed by atoms with van der Waals surface area (Å²) in [6.45, 7) is -0.0126. The van der Waals surface area contributed by atoms with Gasteiger partial charge in [0.2, 0.25) is 5.91 Å². The molecule has 2 aromatic carbocycles. The molecule has 1 heterocycles. The molecule has 0 radical (unpaired) electrons. The second kappa shape index (κ2) is 9.43. The SMILES string of the molecule is COc1ccc(S(=O)(=O)[C@@H](CNC(=O)Cc2ccc(Cl)cc2)c2cccs2)cc1. The van der Waals surface area contributed by atoms with E-state index in [-0.39, 0.29) is 23.8 Å². The standard InChI is InChI=1S/C21H20ClNO4S2/c1-27-17-8-10-18(11-9-17)29(25,26)20(19-3-2-12-28-19)14-23-21(24)13-15-4-6-16(22)7-5-15/h2-12,20H,13-14H2,1H3,(H,23,24)/t20-/m0/s1. The van der Waals surface area contributed by atoms with Crippen LogP contribution in [0.3, 0.4) is 0 Å². The third kappa shape index (κ3) is 5.38. The van der Waals surface area contributed by atoms with Crippen molar-refractivity contribution in [3.8, 4) is 5.75 Å². The highest BCUT2D eigenvalue weighted by Crippen LogP contribution is 2.32. The summed E-state index contributed by atoms with van der Waals surface area (Å²) in [5.41, 5.74) is 0.803. The molecule has 5 nitrogen and oxygen atoms in total. The number of hydrogen-bond donors (Lipinski definition) is 1. The Hall–Kier alpha value is -2.35. The fraction of sp³-hybridized carbons (Fsp3) is 0.190. The van der Waals surface area contributed by atoms with Crippen molar-refractivity contribution in [2.24, 2.45) is 0 Å². The highest BCUT2D eigenvalue weighted by Gasteiger charge is 2.30. The maximum Gasteiger partial charge on any atom is 0.224 e. The molecular formula is C21H20ClNO4S2. The van der Waals surface area contributed by atoms with Gasteiger partial charge in [-0.05, 0) is 53.4 Å². The number of sulfone groups is 1. The van der Waals surface area contributed by atoms with E-state index in [0.29, 0.717) is 15.6 Å². The number of thiophene rings is 1. The number of ether oxygens (including phenoxy) is 1. The van der Waals surface area contributed by atoms with Gasteiger partial charge in [-0.15, -0.1) is 11.3 Å². The number of benzene rings is 2. The zero-order valence-electron chi connectivity index (χ0n) is 15.7. The average Bonchev–Trinajstić information content (AvgIpc) is 3.24. The van der Waals surface area contributed by atoms with Crippen LogP contribution in [0.5, 0.6) is 5.75 Å². The van der Waals surface area contributed by atoms with E-state index in [4.69, 9.17) is 16.3 Å². The molecule has 0 aliphatic carbocycles. The summed E-state index contributed by atoms with van der Waals surface area (Å²) in [6, 6.07) is 16.8. The highest BCUT2D eigenvalue weighted by atomic mass is 35.5. The predicted octanol–water partition coefficient (Wildman–Crippen LogP) is 4.28. The number of amides is 1. The molecule has 0 aliphatic heterocycles. The van der Waals surface area contributed by atoms with Crippen LogP contribution in [0.15, 0.2) is 70.9 Å². The van der Waals surface area contributed by atoms with Crippen molar-refractivity contribution in [3.63, 3.8) is 0 Å². The van der Waals surface area contributed by atoms with E-state index >= 15 is 0 Å². The van der Waals surface area contributed by atoms with Crippen molar-refractivity contribution in [1.82, 2.24) is 5.32 Å². The van der Waals surface area contributed by atoms with Gasteiger partial charge in [-0.1, -0.05) is 29.8 Å². The summed E-state index contributed by atoms with van der Waals surface area (Å²) in [4.78, 5) is 13.2. The Morgan fingerprint density at radius 1 is 1.10 bits per heavy atom. The minimum atomic E-state index is -3.70. The first-order valence-corrected chi connectivity index (χ1v) is 11.6. The van der Waals surface area contributed by atoms with Crippen molar-refractivity contribution in [1.29, 1.82) is 0 Å². The molecule has 1 aromatic heterocycles. The van der Waals surface area contributed by atoms with E-state index in [9.17, 15) is 13.2 Å². The summed E-state index contributed by atoms with van der Waals surface area (Å²) in [5.74, 6) is 0.326. The summed E-state index contributed by atoms with van der Waals surface area (Å²) in [7, 11) is -2.18. The van der Waals surface area contributed by atoms with Gasteiger partial charge in [0.1, 0.15) is 11.0 Å². The topological polar surface area (TPSA) is 72.5 Å². The van der Waals surface area contributed by atoms with Crippen LogP contribution in [0.1, 0.15) is 15.7 Å². The van der Waals surface area contributed by atoms with Crippen LogP contribution in [0, 0.1) is 0 Å². The van der Waals surface area contributed by atoms with Crippen LogP contribution in [0.4, 0.5) is 0 Å². The molecule has 0 bridgehead atoms. The first-order valence-electron chi connectivity index (χ1n) is 8.82. The molecule has 0 saturated heterocycles. The molecule has 3 rings (SSSR count). The van der Waals surface area contributed by atoms with E-state index in [1.165, 1.54) is 30.6 Å². The Balaban J connectivity index is 1.76. The summed E-state index contributed by atoms with van der Waals surface area (Å²) in [5, 5.41) is 4.31. The average molecular weight is 450 g/mol. The fourth-order valence-corrected chi connectivity index (χ4v) is 5.73. The van der Waals surface area contributed by atoms with Crippen LogP contribution in [0.25, 0.3) is 0 Å². The second-order valence-corrected chi connectivity index (χ2v) is 9.88.